The van der Waals surface area contributed by atoms with Gasteiger partial charge in [0.25, 0.3) is 0 Å². The van der Waals surface area contributed by atoms with Crippen LogP contribution >= 0.6 is 11.6 Å². The number of hydrogen-bond acceptors (Lipinski definition) is 1. The third kappa shape index (κ3) is 2.92. The second-order valence-electron chi connectivity index (χ2n) is 6.17. The van der Waals surface area contributed by atoms with Crippen LogP contribution in [0.15, 0.2) is 18.2 Å². The second kappa shape index (κ2) is 5.12. The van der Waals surface area contributed by atoms with E-state index in [1.54, 1.807) is 6.07 Å². The van der Waals surface area contributed by atoms with Crippen molar-refractivity contribution in [2.75, 3.05) is 0 Å². The van der Waals surface area contributed by atoms with Gasteiger partial charge in [-0.25, -0.2) is 9.37 Å². The Morgan fingerprint density at radius 1 is 1.37 bits per heavy atom. The molecule has 1 unspecified atom stereocenters. The molecule has 0 spiro atoms. The Kier molecular flexibility index (Phi) is 3.86. The fourth-order valence-electron chi connectivity index (χ4n) is 2.00. The minimum Gasteiger partial charge on any atom is -0.327 e. The molecular formula is C15H20ClFN2. The molecular weight excluding hydrogens is 263 g/mol. The van der Waals surface area contributed by atoms with Crippen molar-refractivity contribution in [3.63, 3.8) is 0 Å². The maximum absolute atomic E-state index is 13.4. The molecule has 2 nitrogen and oxygen atoms in total. The summed E-state index contributed by atoms with van der Waals surface area (Å²) in [6, 6.07) is 4.68. The van der Waals surface area contributed by atoms with Crippen molar-refractivity contribution in [3.05, 3.63) is 29.8 Å². The normalized spacial score (nSPS) is 14.0. The van der Waals surface area contributed by atoms with Crippen molar-refractivity contribution in [1.29, 1.82) is 0 Å². The van der Waals surface area contributed by atoms with Crippen LogP contribution in [-0.2, 0) is 12.4 Å². The molecule has 2 aromatic rings. The van der Waals surface area contributed by atoms with E-state index in [1.165, 1.54) is 12.1 Å². The average molecular weight is 283 g/mol. The lowest BCUT2D eigenvalue weighted by molar-refractivity contribution is 0.233. The molecule has 1 heterocycles. The quantitative estimate of drug-likeness (QED) is 0.753. The topological polar surface area (TPSA) is 17.8 Å². The fraction of sp³-hybridized carbons (Fsp3) is 0.533. The average Bonchev–Trinajstić information content (AvgIpc) is 2.66. The molecule has 1 atom stereocenters. The van der Waals surface area contributed by atoms with Gasteiger partial charge in [0.1, 0.15) is 11.6 Å². The van der Waals surface area contributed by atoms with Gasteiger partial charge in [0.05, 0.1) is 16.9 Å². The van der Waals surface area contributed by atoms with Crippen LogP contribution in [0.5, 0.6) is 0 Å². The summed E-state index contributed by atoms with van der Waals surface area (Å²) in [5.74, 6) is 1.35. The highest BCUT2D eigenvalue weighted by molar-refractivity contribution is 6.16. The minimum atomic E-state index is -0.238. The molecule has 0 aliphatic carbocycles. The highest BCUT2D eigenvalue weighted by Gasteiger charge is 2.22. The molecule has 0 aliphatic heterocycles. The molecule has 1 aromatic carbocycles. The van der Waals surface area contributed by atoms with Crippen LogP contribution in [-0.4, -0.2) is 9.55 Å². The van der Waals surface area contributed by atoms with Gasteiger partial charge in [0.15, 0.2) is 0 Å². The molecule has 0 saturated carbocycles. The highest BCUT2D eigenvalue weighted by Crippen LogP contribution is 2.29. The molecule has 19 heavy (non-hydrogen) atoms. The number of imidazole rings is 1. The molecule has 0 bridgehead atoms. The number of nitrogens with zero attached hydrogens (tertiary/aromatic N) is 2. The summed E-state index contributed by atoms with van der Waals surface area (Å²) in [5, 5.41) is 0. The molecule has 1 aromatic heterocycles. The lowest BCUT2D eigenvalue weighted by Crippen LogP contribution is -2.23. The lowest BCUT2D eigenvalue weighted by atomic mass is 9.82. The maximum atomic E-state index is 13.4. The molecule has 0 N–H and O–H groups in total. The van der Waals surface area contributed by atoms with Gasteiger partial charge < -0.3 is 4.57 Å². The van der Waals surface area contributed by atoms with E-state index < -0.39 is 0 Å². The zero-order chi connectivity index (χ0) is 14.2. The van der Waals surface area contributed by atoms with E-state index in [9.17, 15) is 4.39 Å². The predicted molar refractivity (Wildman–Crippen MR) is 77.9 cm³/mol. The number of alkyl halides is 1. The van der Waals surface area contributed by atoms with E-state index in [-0.39, 0.29) is 11.2 Å². The zero-order valence-electron chi connectivity index (χ0n) is 11.9. The fourth-order valence-corrected chi connectivity index (χ4v) is 2.20. The highest BCUT2D eigenvalue weighted by atomic mass is 35.5. The van der Waals surface area contributed by atoms with Gasteiger partial charge in [-0.2, -0.15) is 0 Å². The molecule has 0 saturated heterocycles. The van der Waals surface area contributed by atoms with Gasteiger partial charge in [-0.05, 0) is 29.5 Å². The van der Waals surface area contributed by atoms with E-state index in [2.05, 4.69) is 32.7 Å². The minimum absolute atomic E-state index is 0.188. The van der Waals surface area contributed by atoms with Gasteiger partial charge in [0, 0.05) is 6.54 Å². The largest absolute Gasteiger partial charge is 0.327 e. The first-order chi connectivity index (χ1) is 8.82. The number of rotatable bonds is 3. The number of benzene rings is 1. The Labute approximate surface area is 118 Å². The van der Waals surface area contributed by atoms with Crippen molar-refractivity contribution in [1.82, 2.24) is 9.55 Å². The Hall–Kier alpha value is -1.09. The number of hydrogen-bond donors (Lipinski definition) is 0. The Bertz CT molecular complexity index is 584. The summed E-state index contributed by atoms with van der Waals surface area (Å²) in [7, 11) is 0. The smallest absolute Gasteiger partial charge is 0.125 e. The van der Waals surface area contributed by atoms with Crippen LogP contribution in [0, 0.1) is 17.2 Å². The SMILES string of the molecule is CC(Cn1c(CCl)nc2ccc(F)cc21)C(C)(C)C. The number of aromatic nitrogens is 2. The molecule has 0 fully saturated rings. The Balaban J connectivity index is 2.48. The summed E-state index contributed by atoms with van der Waals surface area (Å²) in [5.41, 5.74) is 1.82. The van der Waals surface area contributed by atoms with Crippen LogP contribution < -0.4 is 0 Å². The first-order valence-electron chi connectivity index (χ1n) is 6.53. The van der Waals surface area contributed by atoms with Gasteiger partial charge in [-0.15, -0.1) is 11.6 Å². The van der Waals surface area contributed by atoms with Crippen LogP contribution in [0.2, 0.25) is 0 Å². The molecule has 0 aliphatic rings. The Morgan fingerprint density at radius 3 is 2.63 bits per heavy atom. The van der Waals surface area contributed by atoms with Crippen molar-refractivity contribution < 1.29 is 4.39 Å². The van der Waals surface area contributed by atoms with E-state index in [1.807, 2.05) is 4.57 Å². The van der Waals surface area contributed by atoms with Crippen molar-refractivity contribution in [2.24, 2.45) is 11.3 Å². The first kappa shape index (κ1) is 14.3. The standard InChI is InChI=1S/C15H20ClFN2/c1-10(15(2,3)4)9-19-13-7-11(17)5-6-12(13)18-14(19)8-16/h5-7,10H,8-9H2,1-4H3. The zero-order valence-corrected chi connectivity index (χ0v) is 12.6. The van der Waals surface area contributed by atoms with Crippen LogP contribution in [0.3, 0.4) is 0 Å². The first-order valence-corrected chi connectivity index (χ1v) is 7.07. The van der Waals surface area contributed by atoms with Crippen molar-refractivity contribution in [2.45, 2.75) is 40.1 Å². The predicted octanol–water partition coefficient (Wildman–Crippen LogP) is 4.60. The second-order valence-corrected chi connectivity index (χ2v) is 6.44. The third-order valence-electron chi connectivity index (χ3n) is 3.84. The van der Waals surface area contributed by atoms with Crippen LogP contribution in [0.25, 0.3) is 11.0 Å². The molecule has 4 heteroatoms. The Morgan fingerprint density at radius 2 is 2.05 bits per heavy atom. The summed E-state index contributed by atoms with van der Waals surface area (Å²) < 4.78 is 15.5. The van der Waals surface area contributed by atoms with Gasteiger partial charge >= 0.3 is 0 Å². The van der Waals surface area contributed by atoms with E-state index in [0.29, 0.717) is 11.8 Å². The lowest BCUT2D eigenvalue weighted by Gasteiger charge is -2.28. The summed E-state index contributed by atoms with van der Waals surface area (Å²) in [6.45, 7) is 9.61. The van der Waals surface area contributed by atoms with E-state index in [0.717, 1.165) is 23.4 Å². The maximum Gasteiger partial charge on any atom is 0.125 e. The third-order valence-corrected chi connectivity index (χ3v) is 4.08. The van der Waals surface area contributed by atoms with E-state index >= 15 is 0 Å². The number of fused-ring (bicyclic) bond motifs is 1. The molecule has 104 valence electrons. The number of halogens is 2. The monoisotopic (exact) mass is 282 g/mol. The molecule has 2 rings (SSSR count). The summed E-state index contributed by atoms with van der Waals surface area (Å²) in [4.78, 5) is 4.47. The van der Waals surface area contributed by atoms with Gasteiger partial charge in [-0.1, -0.05) is 27.7 Å². The summed E-state index contributed by atoms with van der Waals surface area (Å²) in [6.07, 6.45) is 0. The van der Waals surface area contributed by atoms with Crippen LogP contribution in [0.1, 0.15) is 33.5 Å². The van der Waals surface area contributed by atoms with Gasteiger partial charge in [-0.3, -0.25) is 0 Å². The summed E-state index contributed by atoms with van der Waals surface area (Å²) >= 11 is 5.96. The van der Waals surface area contributed by atoms with Crippen molar-refractivity contribution in [3.8, 4) is 0 Å². The van der Waals surface area contributed by atoms with Crippen molar-refractivity contribution >= 4 is 22.6 Å². The van der Waals surface area contributed by atoms with E-state index in [4.69, 9.17) is 11.6 Å². The molecule has 0 radical (unpaired) electrons. The molecule has 0 amide bonds. The van der Waals surface area contributed by atoms with Crippen LogP contribution in [0.4, 0.5) is 4.39 Å². The van der Waals surface area contributed by atoms with Gasteiger partial charge in [0.2, 0.25) is 0 Å².